The molecule has 1 aliphatic carbocycles. The first-order valence-electron chi connectivity index (χ1n) is 27.4. The molecule has 0 N–H and O–H groups in total. The molecule has 0 radical (unpaired) electrons. The van der Waals surface area contributed by atoms with E-state index in [2.05, 4.69) is 284 Å². The van der Waals surface area contributed by atoms with E-state index >= 15 is 0 Å². The van der Waals surface area contributed by atoms with Crippen molar-refractivity contribution in [2.75, 3.05) is 9.80 Å². The van der Waals surface area contributed by atoms with Crippen molar-refractivity contribution < 1.29 is 0 Å². The van der Waals surface area contributed by atoms with E-state index < -0.39 is 0 Å². The Hall–Kier alpha value is -6.58. The number of hydrogen-bond acceptors (Lipinski definition) is 2. The Morgan fingerprint density at radius 1 is 0.365 bits per heavy atom. The third-order valence-corrected chi connectivity index (χ3v) is 17.5. The van der Waals surface area contributed by atoms with Crippen LogP contribution in [0.15, 0.2) is 170 Å². The molecular formula is C71H77BN2. The molecule has 0 fully saturated rings. The van der Waals surface area contributed by atoms with E-state index in [1.54, 1.807) is 0 Å². The summed E-state index contributed by atoms with van der Waals surface area (Å²) in [6.45, 7) is 35.9. The maximum Gasteiger partial charge on any atom is 0.252 e. The number of anilines is 6. The summed E-state index contributed by atoms with van der Waals surface area (Å²) in [5.74, 6) is 0. The van der Waals surface area contributed by atoms with Gasteiger partial charge in [-0.1, -0.05) is 225 Å². The second-order valence-corrected chi connectivity index (χ2v) is 27.0. The Bertz CT molecular complexity index is 3460. The van der Waals surface area contributed by atoms with Gasteiger partial charge in [0, 0.05) is 39.4 Å². The zero-order valence-electron chi connectivity index (χ0n) is 47.1. The topological polar surface area (TPSA) is 6.48 Å². The lowest BCUT2D eigenvalue weighted by Gasteiger charge is -2.48. The quantitative estimate of drug-likeness (QED) is 0.153. The predicted octanol–water partition coefficient (Wildman–Crippen LogP) is 17.7. The van der Waals surface area contributed by atoms with Crippen LogP contribution in [-0.4, -0.2) is 6.71 Å². The Kier molecular flexibility index (Phi) is 11.6. The predicted molar refractivity (Wildman–Crippen MR) is 321 cm³/mol. The standard InChI is InChI=1S/C71H77BN2/c1-66(2,3)50-27-22-28-54(39-50)73-61-41-52(71(14,15)49-25-20-17-21-26-49)33-35-58(61)72-59-44-56-57(70(12,13)38-37-69(56,10)11)45-62(59)74(64-43-53(68(7,8)9)42-63(73)65(64)72)60-36-34-51(67(4,5)6)40-55(60)48-31-29-47(30-32-48)46-23-18-16-19-24-46/h16-36,39-45H,37-38H2,1-15H3. The van der Waals surface area contributed by atoms with Gasteiger partial charge in [0.1, 0.15) is 0 Å². The largest absolute Gasteiger partial charge is 0.311 e. The Morgan fingerprint density at radius 2 is 0.865 bits per heavy atom. The van der Waals surface area contributed by atoms with E-state index in [0.717, 1.165) is 12.8 Å². The van der Waals surface area contributed by atoms with Gasteiger partial charge < -0.3 is 9.80 Å². The van der Waals surface area contributed by atoms with Crippen molar-refractivity contribution in [2.24, 2.45) is 0 Å². The molecule has 0 saturated carbocycles. The summed E-state index contributed by atoms with van der Waals surface area (Å²) >= 11 is 0. The van der Waals surface area contributed by atoms with Crippen LogP contribution in [0.5, 0.6) is 0 Å². The SMILES string of the molecule is CC(C)(C)c1cccc(N2c3cc(C(C)(C)c4ccccc4)ccc3B3c4cc5c(cc4N(c4ccc(C(C)(C)C)cc4-c4ccc(-c6ccccc6)cc4)c4cc(C(C)(C)C)cc2c43)C(C)(C)CCC5(C)C)c1. The van der Waals surface area contributed by atoms with Crippen LogP contribution >= 0.6 is 0 Å². The Labute approximate surface area is 445 Å². The maximum atomic E-state index is 2.71. The summed E-state index contributed by atoms with van der Waals surface area (Å²) < 4.78 is 0. The number of fused-ring (bicyclic) bond motifs is 5. The van der Waals surface area contributed by atoms with E-state index in [4.69, 9.17) is 0 Å². The highest BCUT2D eigenvalue weighted by Crippen LogP contribution is 2.53. The molecule has 2 heterocycles. The van der Waals surface area contributed by atoms with E-state index in [0.29, 0.717) is 0 Å². The van der Waals surface area contributed by atoms with Crippen molar-refractivity contribution in [1.82, 2.24) is 0 Å². The van der Waals surface area contributed by atoms with Crippen molar-refractivity contribution in [1.29, 1.82) is 0 Å². The highest BCUT2D eigenvalue weighted by molar-refractivity contribution is 7.00. The fraction of sp³-hybridized carbons (Fsp3) is 0.324. The number of hydrogen-bond donors (Lipinski definition) is 0. The monoisotopic (exact) mass is 969 g/mol. The van der Waals surface area contributed by atoms with E-state index in [9.17, 15) is 0 Å². The van der Waals surface area contributed by atoms with E-state index in [1.807, 2.05) is 0 Å². The molecule has 0 aromatic heterocycles. The summed E-state index contributed by atoms with van der Waals surface area (Å²) in [4.78, 5) is 5.37. The van der Waals surface area contributed by atoms with Gasteiger partial charge >= 0.3 is 0 Å². The molecule has 8 aromatic rings. The molecule has 74 heavy (non-hydrogen) atoms. The summed E-state index contributed by atoms with van der Waals surface area (Å²) in [5.41, 5.74) is 25.6. The molecule has 0 saturated heterocycles. The third kappa shape index (κ3) is 8.34. The summed E-state index contributed by atoms with van der Waals surface area (Å²) in [6, 6.07) is 66.0. The van der Waals surface area contributed by atoms with Crippen molar-refractivity contribution in [3.05, 3.63) is 209 Å². The molecule has 3 heteroatoms. The molecular weight excluding hydrogens is 892 g/mol. The maximum absolute atomic E-state index is 2.71. The minimum atomic E-state index is -0.237. The lowest BCUT2D eigenvalue weighted by Crippen LogP contribution is -2.62. The molecule has 2 nitrogen and oxygen atoms in total. The molecule has 0 bridgehead atoms. The van der Waals surface area contributed by atoms with E-state index in [-0.39, 0.29) is 39.2 Å². The van der Waals surface area contributed by atoms with Crippen LogP contribution in [0.4, 0.5) is 34.1 Å². The van der Waals surface area contributed by atoms with Crippen molar-refractivity contribution in [3.63, 3.8) is 0 Å². The minimum absolute atomic E-state index is 0.00764. The van der Waals surface area contributed by atoms with Gasteiger partial charge in [0.15, 0.2) is 0 Å². The normalized spacial score (nSPS) is 15.8. The fourth-order valence-electron chi connectivity index (χ4n) is 12.4. The molecule has 8 aromatic carbocycles. The second kappa shape index (κ2) is 17.2. The molecule has 374 valence electrons. The lowest BCUT2D eigenvalue weighted by atomic mass is 9.33. The minimum Gasteiger partial charge on any atom is -0.311 e. The average molecular weight is 969 g/mol. The molecule has 11 rings (SSSR count). The molecule has 0 atom stereocenters. The van der Waals surface area contributed by atoms with Gasteiger partial charge in [-0.25, -0.2) is 0 Å². The first-order chi connectivity index (χ1) is 34.8. The second-order valence-electron chi connectivity index (χ2n) is 27.0. The van der Waals surface area contributed by atoms with Crippen LogP contribution in [0.1, 0.15) is 156 Å². The van der Waals surface area contributed by atoms with Crippen LogP contribution in [0.25, 0.3) is 22.3 Å². The first-order valence-corrected chi connectivity index (χ1v) is 27.4. The van der Waals surface area contributed by atoms with Gasteiger partial charge in [-0.2, -0.15) is 0 Å². The van der Waals surface area contributed by atoms with Gasteiger partial charge in [-0.05, 0) is 160 Å². The highest BCUT2D eigenvalue weighted by Gasteiger charge is 2.48. The van der Waals surface area contributed by atoms with Gasteiger partial charge in [0.05, 0.1) is 5.69 Å². The fourth-order valence-corrected chi connectivity index (χ4v) is 12.4. The van der Waals surface area contributed by atoms with Crippen molar-refractivity contribution >= 4 is 57.2 Å². The summed E-state index contributed by atoms with van der Waals surface area (Å²) in [6.07, 6.45) is 2.30. The van der Waals surface area contributed by atoms with Crippen LogP contribution < -0.4 is 26.2 Å². The molecule has 0 unspecified atom stereocenters. The van der Waals surface area contributed by atoms with E-state index in [1.165, 1.54) is 112 Å². The zero-order chi connectivity index (χ0) is 52.5. The number of benzene rings is 8. The third-order valence-electron chi connectivity index (χ3n) is 17.5. The van der Waals surface area contributed by atoms with Gasteiger partial charge in [-0.3, -0.25) is 0 Å². The van der Waals surface area contributed by atoms with Gasteiger partial charge in [0.25, 0.3) is 6.71 Å². The van der Waals surface area contributed by atoms with Crippen LogP contribution in [0.2, 0.25) is 0 Å². The first kappa shape index (κ1) is 49.6. The Morgan fingerprint density at radius 3 is 1.49 bits per heavy atom. The van der Waals surface area contributed by atoms with Crippen LogP contribution in [-0.2, 0) is 32.5 Å². The summed E-state index contributed by atoms with van der Waals surface area (Å²) in [5, 5.41) is 0. The zero-order valence-corrected chi connectivity index (χ0v) is 47.1. The van der Waals surface area contributed by atoms with Gasteiger partial charge in [-0.15, -0.1) is 0 Å². The van der Waals surface area contributed by atoms with Crippen LogP contribution in [0.3, 0.4) is 0 Å². The summed E-state index contributed by atoms with van der Waals surface area (Å²) in [7, 11) is 0. The smallest absolute Gasteiger partial charge is 0.252 e. The molecule has 0 amide bonds. The lowest BCUT2D eigenvalue weighted by molar-refractivity contribution is 0.332. The highest BCUT2D eigenvalue weighted by atomic mass is 15.2. The number of nitrogens with zero attached hydrogens (tertiary/aromatic N) is 2. The van der Waals surface area contributed by atoms with Crippen molar-refractivity contribution in [2.45, 2.75) is 149 Å². The van der Waals surface area contributed by atoms with Gasteiger partial charge in [0.2, 0.25) is 0 Å². The Balaban J connectivity index is 1.27. The number of rotatable bonds is 6. The van der Waals surface area contributed by atoms with Crippen LogP contribution in [0, 0.1) is 0 Å². The average Bonchev–Trinajstić information content (AvgIpc) is 3.36. The van der Waals surface area contributed by atoms with Crippen molar-refractivity contribution in [3.8, 4) is 22.3 Å². The molecule has 2 aliphatic heterocycles. The molecule has 0 spiro atoms. The molecule has 3 aliphatic rings.